The van der Waals surface area contributed by atoms with Crippen molar-refractivity contribution in [3.63, 3.8) is 0 Å². The summed E-state index contributed by atoms with van der Waals surface area (Å²) in [6.45, 7) is 0.398. The number of phenols is 1. The number of fused-ring (bicyclic) bond motifs is 3. The van der Waals surface area contributed by atoms with Gasteiger partial charge in [-0.05, 0) is 34.4 Å². The lowest BCUT2D eigenvalue weighted by Gasteiger charge is -2.14. The number of carbonyl (C=O) groups excluding carboxylic acids is 1. The fraction of sp³-hybridized carbons (Fsp3) is 0.125. The molecule has 4 rings (SSSR count). The molecule has 3 aromatic rings. The number of nitrogens with two attached hydrogens (primary N) is 1. The van der Waals surface area contributed by atoms with Crippen LogP contribution in [0.2, 0.25) is 0 Å². The molecule has 0 aliphatic heterocycles. The zero-order chi connectivity index (χ0) is 20.2. The molecule has 144 valence electrons. The van der Waals surface area contributed by atoms with E-state index < -0.39 is 6.09 Å². The highest BCUT2D eigenvalue weighted by Crippen LogP contribution is 2.44. The molecule has 0 unspecified atom stereocenters. The summed E-state index contributed by atoms with van der Waals surface area (Å²) in [5, 5.41) is 12.0. The Labute approximate surface area is 169 Å². The molecule has 0 atom stereocenters. The van der Waals surface area contributed by atoms with Gasteiger partial charge in [-0.2, -0.15) is 0 Å². The van der Waals surface area contributed by atoms with Crippen molar-refractivity contribution < 1.29 is 14.6 Å². The fourth-order valence-electron chi connectivity index (χ4n) is 3.57. The van der Waals surface area contributed by atoms with Gasteiger partial charge in [-0.1, -0.05) is 60.4 Å². The SMILES string of the molecule is Nc1cc(O)ccc1C#CCNC(=O)OCC1c2ccccc2-c2ccccc21. The molecular formula is C24H20N2O3. The summed E-state index contributed by atoms with van der Waals surface area (Å²) in [6.07, 6.45) is -0.514. The van der Waals surface area contributed by atoms with E-state index in [2.05, 4.69) is 41.4 Å². The number of carbonyl (C=O) groups is 1. The zero-order valence-electron chi connectivity index (χ0n) is 15.7. The van der Waals surface area contributed by atoms with E-state index >= 15 is 0 Å². The molecule has 0 saturated heterocycles. The third kappa shape index (κ3) is 3.87. The van der Waals surface area contributed by atoms with Crippen molar-refractivity contribution in [1.29, 1.82) is 0 Å². The maximum absolute atomic E-state index is 12.1. The van der Waals surface area contributed by atoms with Crippen LogP contribution in [0, 0.1) is 11.8 Å². The van der Waals surface area contributed by atoms with Crippen molar-refractivity contribution in [1.82, 2.24) is 5.32 Å². The smallest absolute Gasteiger partial charge is 0.407 e. The van der Waals surface area contributed by atoms with Crippen LogP contribution in [0.4, 0.5) is 10.5 Å². The molecule has 0 heterocycles. The van der Waals surface area contributed by atoms with Gasteiger partial charge in [0.1, 0.15) is 12.4 Å². The summed E-state index contributed by atoms with van der Waals surface area (Å²) in [7, 11) is 0. The number of nitrogen functional groups attached to an aromatic ring is 1. The lowest BCUT2D eigenvalue weighted by atomic mass is 9.98. The molecule has 0 aromatic heterocycles. The van der Waals surface area contributed by atoms with E-state index in [-0.39, 0.29) is 24.8 Å². The number of anilines is 1. The van der Waals surface area contributed by atoms with Crippen LogP contribution >= 0.6 is 0 Å². The monoisotopic (exact) mass is 384 g/mol. The number of alkyl carbamates (subject to hydrolysis) is 1. The van der Waals surface area contributed by atoms with Gasteiger partial charge < -0.3 is 20.9 Å². The molecule has 0 saturated carbocycles. The quantitative estimate of drug-likeness (QED) is 0.473. The summed E-state index contributed by atoms with van der Waals surface area (Å²) in [4.78, 5) is 12.1. The minimum Gasteiger partial charge on any atom is -0.508 e. The number of phenolic OH excluding ortho intramolecular Hbond substituents is 1. The second-order valence-corrected chi connectivity index (χ2v) is 6.75. The molecule has 0 radical (unpaired) electrons. The standard InChI is InChI=1S/C24H20N2O3/c25-23-14-17(27)12-11-16(23)6-5-13-26-24(28)29-15-22-20-9-3-1-7-18(20)19-8-2-4-10-21(19)22/h1-4,7-12,14,22,27H,13,15,25H2,(H,26,28). The summed E-state index contributed by atoms with van der Waals surface area (Å²) < 4.78 is 5.46. The Morgan fingerprint density at radius 3 is 2.34 bits per heavy atom. The van der Waals surface area contributed by atoms with Crippen LogP contribution < -0.4 is 11.1 Å². The van der Waals surface area contributed by atoms with Crippen LogP contribution in [-0.2, 0) is 4.74 Å². The van der Waals surface area contributed by atoms with Crippen molar-refractivity contribution in [2.45, 2.75) is 5.92 Å². The van der Waals surface area contributed by atoms with Gasteiger partial charge in [0.05, 0.1) is 12.2 Å². The second kappa shape index (κ2) is 7.99. The van der Waals surface area contributed by atoms with Crippen molar-refractivity contribution in [3.05, 3.63) is 83.4 Å². The Hall–Kier alpha value is -3.91. The minimum absolute atomic E-state index is 0.0241. The van der Waals surface area contributed by atoms with Crippen LogP contribution in [0.15, 0.2) is 66.7 Å². The van der Waals surface area contributed by atoms with Gasteiger partial charge in [0.25, 0.3) is 0 Å². The fourth-order valence-corrected chi connectivity index (χ4v) is 3.57. The minimum atomic E-state index is -0.514. The predicted octanol–water partition coefficient (Wildman–Crippen LogP) is 3.86. The lowest BCUT2D eigenvalue weighted by Crippen LogP contribution is -2.26. The van der Waals surface area contributed by atoms with Crippen LogP contribution in [-0.4, -0.2) is 24.4 Å². The molecule has 0 bridgehead atoms. The Morgan fingerprint density at radius 1 is 1.03 bits per heavy atom. The molecule has 0 fully saturated rings. The summed E-state index contributed by atoms with van der Waals surface area (Å²) in [5.74, 6) is 5.80. The van der Waals surface area contributed by atoms with Crippen molar-refractivity contribution in [2.75, 3.05) is 18.9 Å². The molecule has 5 nitrogen and oxygen atoms in total. The topological polar surface area (TPSA) is 84.6 Å². The first-order valence-electron chi connectivity index (χ1n) is 9.29. The third-order valence-corrected chi connectivity index (χ3v) is 4.92. The highest BCUT2D eigenvalue weighted by atomic mass is 16.5. The number of rotatable bonds is 3. The van der Waals surface area contributed by atoms with Gasteiger partial charge in [-0.25, -0.2) is 4.79 Å². The van der Waals surface area contributed by atoms with Gasteiger partial charge in [-0.15, -0.1) is 0 Å². The second-order valence-electron chi connectivity index (χ2n) is 6.75. The molecule has 1 aliphatic carbocycles. The molecule has 5 heteroatoms. The van der Waals surface area contributed by atoms with E-state index in [0.717, 1.165) is 0 Å². The summed E-state index contributed by atoms with van der Waals surface area (Å²) >= 11 is 0. The summed E-state index contributed by atoms with van der Waals surface area (Å²) in [5.41, 5.74) is 11.5. The Bertz CT molecular complexity index is 1080. The average Bonchev–Trinajstić information content (AvgIpc) is 3.05. The van der Waals surface area contributed by atoms with E-state index in [0.29, 0.717) is 11.3 Å². The first-order valence-corrected chi connectivity index (χ1v) is 9.29. The Kier molecular flexibility index (Phi) is 5.08. The third-order valence-electron chi connectivity index (χ3n) is 4.92. The number of amides is 1. The van der Waals surface area contributed by atoms with Crippen LogP contribution in [0.5, 0.6) is 5.75 Å². The largest absolute Gasteiger partial charge is 0.508 e. The van der Waals surface area contributed by atoms with Gasteiger partial charge >= 0.3 is 6.09 Å². The average molecular weight is 384 g/mol. The first-order chi connectivity index (χ1) is 14.1. The van der Waals surface area contributed by atoms with E-state index in [1.807, 2.05) is 24.3 Å². The number of nitrogens with one attached hydrogen (secondary N) is 1. The van der Waals surface area contributed by atoms with Crippen molar-refractivity contribution in [3.8, 4) is 28.7 Å². The van der Waals surface area contributed by atoms with Crippen LogP contribution in [0.25, 0.3) is 11.1 Å². The first kappa shape index (κ1) is 18.5. The number of benzene rings is 3. The van der Waals surface area contributed by atoms with E-state index in [9.17, 15) is 9.90 Å². The number of hydrogen-bond donors (Lipinski definition) is 3. The molecular weight excluding hydrogens is 364 g/mol. The number of hydrogen-bond acceptors (Lipinski definition) is 4. The maximum Gasteiger partial charge on any atom is 0.407 e. The van der Waals surface area contributed by atoms with Crippen molar-refractivity contribution >= 4 is 11.8 Å². The molecule has 0 spiro atoms. The highest BCUT2D eigenvalue weighted by Gasteiger charge is 2.28. The molecule has 1 amide bonds. The van der Waals surface area contributed by atoms with Gasteiger partial charge in [0.15, 0.2) is 0 Å². The Balaban J connectivity index is 1.35. The van der Waals surface area contributed by atoms with Crippen LogP contribution in [0.1, 0.15) is 22.6 Å². The van der Waals surface area contributed by atoms with Crippen LogP contribution in [0.3, 0.4) is 0 Å². The van der Waals surface area contributed by atoms with Gasteiger partial charge in [-0.3, -0.25) is 0 Å². The Morgan fingerprint density at radius 2 is 1.69 bits per heavy atom. The van der Waals surface area contributed by atoms with E-state index in [1.54, 1.807) is 6.07 Å². The van der Waals surface area contributed by atoms with Crippen molar-refractivity contribution in [2.24, 2.45) is 0 Å². The number of aromatic hydroxyl groups is 1. The molecule has 1 aliphatic rings. The van der Waals surface area contributed by atoms with Gasteiger partial charge in [0, 0.05) is 17.5 Å². The van der Waals surface area contributed by atoms with Gasteiger partial charge in [0.2, 0.25) is 0 Å². The van der Waals surface area contributed by atoms with E-state index in [4.69, 9.17) is 10.5 Å². The zero-order valence-corrected chi connectivity index (χ0v) is 15.7. The highest BCUT2D eigenvalue weighted by molar-refractivity contribution is 5.79. The molecule has 29 heavy (non-hydrogen) atoms. The molecule has 3 aromatic carbocycles. The molecule has 4 N–H and O–H groups in total. The normalized spacial score (nSPS) is 11.7. The number of ether oxygens (including phenoxy) is 1. The lowest BCUT2D eigenvalue weighted by molar-refractivity contribution is 0.144. The maximum atomic E-state index is 12.1. The predicted molar refractivity (Wildman–Crippen MR) is 112 cm³/mol. The summed E-state index contributed by atoms with van der Waals surface area (Å²) in [6, 6.07) is 21.0. The van der Waals surface area contributed by atoms with E-state index in [1.165, 1.54) is 34.4 Å².